The average Bonchev–Trinajstić information content (AvgIpc) is 3.02. The van der Waals surface area contributed by atoms with Crippen LogP contribution in [0.5, 0.6) is 0 Å². The van der Waals surface area contributed by atoms with Gasteiger partial charge in [-0.15, -0.1) is 0 Å². The second-order valence-electron chi connectivity index (χ2n) is 12.1. The highest BCUT2D eigenvalue weighted by Crippen LogP contribution is 2.27. The number of nitrogens with one attached hydrogen (secondary N) is 1. The van der Waals surface area contributed by atoms with E-state index in [9.17, 15) is 18.0 Å². The molecule has 1 N–H and O–H groups in total. The highest BCUT2D eigenvalue weighted by Gasteiger charge is 2.35. The fraction of sp³-hybridized carbons (Fsp3) is 0.297. The maximum absolute atomic E-state index is 14.6. The van der Waals surface area contributed by atoms with E-state index in [4.69, 9.17) is 11.6 Å². The number of carbonyl (C=O) groups excluding carboxylic acids is 2. The highest BCUT2D eigenvalue weighted by atomic mass is 35.5. The number of rotatable bonds is 13. The SMILES string of the molecule is Cc1ccc(S(=O)(=O)N(CC(=O)N(Cc2cccc(Cl)c2)C(Cc2ccccc2)C(=O)NC(C)C)c2ccc(C(C)C)cc2)cc1. The summed E-state index contributed by atoms with van der Waals surface area (Å²) in [4.78, 5) is 29.9. The van der Waals surface area contributed by atoms with Crippen LogP contribution in [0, 0.1) is 6.92 Å². The second kappa shape index (κ2) is 15.4. The van der Waals surface area contributed by atoms with Crippen LogP contribution in [0.15, 0.2) is 108 Å². The lowest BCUT2D eigenvalue weighted by Gasteiger charge is -2.34. The molecule has 0 heterocycles. The van der Waals surface area contributed by atoms with Crippen LogP contribution in [0.1, 0.15) is 55.9 Å². The Morgan fingerprint density at radius 1 is 0.804 bits per heavy atom. The molecule has 0 saturated heterocycles. The van der Waals surface area contributed by atoms with Gasteiger partial charge in [0.05, 0.1) is 10.6 Å². The smallest absolute Gasteiger partial charge is 0.264 e. The van der Waals surface area contributed by atoms with Gasteiger partial charge in [0, 0.05) is 24.0 Å². The number of hydrogen-bond acceptors (Lipinski definition) is 4. The molecular formula is C37H42ClN3O4S. The van der Waals surface area contributed by atoms with Gasteiger partial charge in [0.2, 0.25) is 11.8 Å². The van der Waals surface area contributed by atoms with E-state index in [1.165, 1.54) is 4.90 Å². The normalized spacial score (nSPS) is 12.2. The Morgan fingerprint density at radius 2 is 1.43 bits per heavy atom. The molecule has 0 bridgehead atoms. The number of sulfonamides is 1. The average molecular weight is 660 g/mol. The van der Waals surface area contributed by atoms with Gasteiger partial charge in [-0.2, -0.15) is 0 Å². The molecule has 0 fully saturated rings. The van der Waals surface area contributed by atoms with Crippen LogP contribution < -0.4 is 9.62 Å². The van der Waals surface area contributed by atoms with Gasteiger partial charge < -0.3 is 10.2 Å². The number of anilines is 1. The van der Waals surface area contributed by atoms with Gasteiger partial charge in [-0.05, 0) is 79.8 Å². The summed E-state index contributed by atoms with van der Waals surface area (Å²) in [6, 6.07) is 29.2. The van der Waals surface area contributed by atoms with Crippen molar-refractivity contribution in [3.05, 3.63) is 130 Å². The molecule has 242 valence electrons. The van der Waals surface area contributed by atoms with E-state index in [0.29, 0.717) is 16.3 Å². The molecule has 4 rings (SSSR count). The van der Waals surface area contributed by atoms with Crippen LogP contribution in [-0.4, -0.2) is 43.8 Å². The minimum atomic E-state index is -4.17. The third-order valence-corrected chi connectivity index (χ3v) is 9.70. The van der Waals surface area contributed by atoms with Crippen molar-refractivity contribution in [2.24, 2.45) is 0 Å². The first-order valence-corrected chi connectivity index (χ1v) is 17.2. The van der Waals surface area contributed by atoms with Crippen LogP contribution in [0.4, 0.5) is 5.69 Å². The van der Waals surface area contributed by atoms with Gasteiger partial charge in [-0.3, -0.25) is 13.9 Å². The summed E-state index contributed by atoms with van der Waals surface area (Å²) < 4.78 is 29.6. The largest absolute Gasteiger partial charge is 0.352 e. The molecule has 1 unspecified atom stereocenters. The first kappa shape index (κ1) is 34.7. The van der Waals surface area contributed by atoms with E-state index in [1.54, 1.807) is 54.6 Å². The van der Waals surface area contributed by atoms with Gasteiger partial charge in [0.1, 0.15) is 12.6 Å². The lowest BCUT2D eigenvalue weighted by molar-refractivity contribution is -0.140. The number of carbonyl (C=O) groups is 2. The standard InChI is InChI=1S/C37H42ClN3O4S/c1-26(2)31-16-18-33(19-17-31)41(46(44,45)34-20-14-28(5)15-21-34)25-36(42)40(24-30-12-9-13-32(38)22-30)35(37(43)39-27(3)4)23-29-10-7-6-8-11-29/h6-22,26-27,35H,23-25H2,1-5H3,(H,39,43). The first-order chi connectivity index (χ1) is 21.8. The molecule has 7 nitrogen and oxygen atoms in total. The number of halogens is 1. The Kier molecular flexibility index (Phi) is 11.7. The van der Waals surface area contributed by atoms with Crippen molar-refractivity contribution in [2.75, 3.05) is 10.8 Å². The molecule has 46 heavy (non-hydrogen) atoms. The Morgan fingerprint density at radius 3 is 2.02 bits per heavy atom. The van der Waals surface area contributed by atoms with E-state index in [0.717, 1.165) is 21.0 Å². The van der Waals surface area contributed by atoms with E-state index in [2.05, 4.69) is 19.2 Å². The summed E-state index contributed by atoms with van der Waals surface area (Å²) in [6.07, 6.45) is 0.236. The molecule has 0 spiro atoms. The van der Waals surface area contributed by atoms with E-state index in [1.807, 2.05) is 69.3 Å². The van der Waals surface area contributed by atoms with E-state index < -0.39 is 28.5 Å². The molecule has 4 aromatic rings. The minimum Gasteiger partial charge on any atom is -0.352 e. The van der Waals surface area contributed by atoms with Gasteiger partial charge in [0.15, 0.2) is 0 Å². The van der Waals surface area contributed by atoms with E-state index >= 15 is 0 Å². The summed E-state index contributed by atoms with van der Waals surface area (Å²) in [5, 5.41) is 3.46. The van der Waals surface area contributed by atoms with Crippen LogP contribution in [0.25, 0.3) is 0 Å². The summed E-state index contributed by atoms with van der Waals surface area (Å²) in [5.41, 5.74) is 3.88. The molecular weight excluding hydrogens is 618 g/mol. The second-order valence-corrected chi connectivity index (χ2v) is 14.4. The molecule has 9 heteroatoms. The van der Waals surface area contributed by atoms with Crippen molar-refractivity contribution in [2.45, 2.75) is 70.5 Å². The predicted octanol–water partition coefficient (Wildman–Crippen LogP) is 7.13. The van der Waals surface area contributed by atoms with Crippen molar-refractivity contribution < 1.29 is 18.0 Å². The molecule has 0 aliphatic heterocycles. The zero-order valence-corrected chi connectivity index (χ0v) is 28.6. The number of benzene rings is 4. The van der Waals surface area contributed by atoms with Crippen molar-refractivity contribution >= 4 is 39.1 Å². The third-order valence-electron chi connectivity index (χ3n) is 7.68. The van der Waals surface area contributed by atoms with Gasteiger partial charge in [0.25, 0.3) is 10.0 Å². The minimum absolute atomic E-state index is 0.0487. The lowest BCUT2D eigenvalue weighted by atomic mass is 10.0. The van der Waals surface area contributed by atoms with Gasteiger partial charge >= 0.3 is 0 Å². The highest BCUT2D eigenvalue weighted by molar-refractivity contribution is 7.92. The van der Waals surface area contributed by atoms with Crippen LogP contribution >= 0.6 is 11.6 Å². The Bertz CT molecular complexity index is 1720. The molecule has 0 radical (unpaired) electrons. The van der Waals surface area contributed by atoms with Crippen LogP contribution in [0.2, 0.25) is 5.02 Å². The lowest BCUT2D eigenvalue weighted by Crippen LogP contribution is -2.54. The molecule has 0 aliphatic carbocycles. The number of hydrogen-bond donors (Lipinski definition) is 1. The molecule has 2 amide bonds. The summed E-state index contributed by atoms with van der Waals surface area (Å²) in [5.74, 6) is -0.615. The predicted molar refractivity (Wildman–Crippen MR) is 185 cm³/mol. The van der Waals surface area contributed by atoms with Crippen LogP contribution in [-0.2, 0) is 32.6 Å². The maximum Gasteiger partial charge on any atom is 0.264 e. The van der Waals surface area contributed by atoms with Crippen molar-refractivity contribution in [3.63, 3.8) is 0 Å². The van der Waals surface area contributed by atoms with Crippen molar-refractivity contribution in [1.82, 2.24) is 10.2 Å². The number of aryl methyl sites for hydroxylation is 1. The topological polar surface area (TPSA) is 86.8 Å². The molecule has 1 atom stereocenters. The molecule has 0 aromatic heterocycles. The fourth-order valence-corrected chi connectivity index (χ4v) is 6.79. The van der Waals surface area contributed by atoms with E-state index in [-0.39, 0.29) is 35.7 Å². The van der Waals surface area contributed by atoms with Gasteiger partial charge in [-0.1, -0.05) is 97.7 Å². The fourth-order valence-electron chi connectivity index (χ4n) is 5.16. The number of nitrogens with zero attached hydrogens (tertiary/aromatic N) is 2. The molecule has 0 saturated carbocycles. The quantitative estimate of drug-likeness (QED) is 0.165. The summed E-state index contributed by atoms with van der Waals surface area (Å²) in [7, 11) is -4.17. The van der Waals surface area contributed by atoms with Crippen molar-refractivity contribution in [3.8, 4) is 0 Å². The maximum atomic E-state index is 14.6. The number of amides is 2. The summed E-state index contributed by atoms with van der Waals surface area (Å²) >= 11 is 6.32. The van der Waals surface area contributed by atoms with Crippen molar-refractivity contribution in [1.29, 1.82) is 0 Å². The van der Waals surface area contributed by atoms with Crippen LogP contribution in [0.3, 0.4) is 0 Å². The molecule has 4 aromatic carbocycles. The molecule has 0 aliphatic rings. The Labute approximate surface area is 278 Å². The Balaban J connectivity index is 1.81. The monoisotopic (exact) mass is 659 g/mol. The zero-order valence-electron chi connectivity index (χ0n) is 27.0. The summed E-state index contributed by atoms with van der Waals surface area (Å²) in [6.45, 7) is 9.25. The first-order valence-electron chi connectivity index (χ1n) is 15.4. The van der Waals surface area contributed by atoms with Gasteiger partial charge in [-0.25, -0.2) is 8.42 Å². The zero-order chi connectivity index (χ0) is 33.4. The Hall–Kier alpha value is -4.14. The third kappa shape index (κ3) is 8.98.